The lowest BCUT2D eigenvalue weighted by atomic mass is 10.1. The molecule has 6 nitrogen and oxygen atoms in total. The lowest BCUT2D eigenvalue weighted by Gasteiger charge is -2.11. The SMILES string of the molecule is O=C(CCCc1ccc(F)cc1)NCC(=O)NC1CCS(=O)(=O)C1. The number of aryl methyl sites for hydroxylation is 1. The van der Waals surface area contributed by atoms with Crippen LogP contribution in [-0.2, 0) is 25.8 Å². The van der Waals surface area contributed by atoms with Crippen LogP contribution in [0.2, 0.25) is 0 Å². The van der Waals surface area contributed by atoms with Gasteiger partial charge in [0.05, 0.1) is 18.1 Å². The molecule has 1 aliphatic heterocycles. The number of carbonyl (C=O) groups excluding carboxylic acids is 2. The summed E-state index contributed by atoms with van der Waals surface area (Å²) in [6, 6.07) is 5.75. The molecule has 1 saturated heterocycles. The van der Waals surface area contributed by atoms with Crippen LogP contribution >= 0.6 is 0 Å². The van der Waals surface area contributed by atoms with Crippen molar-refractivity contribution < 1.29 is 22.4 Å². The second-order valence-electron chi connectivity index (χ2n) is 5.92. The van der Waals surface area contributed by atoms with Crippen LogP contribution in [0, 0.1) is 5.82 Å². The molecule has 0 aromatic heterocycles. The monoisotopic (exact) mass is 356 g/mol. The predicted molar refractivity (Wildman–Crippen MR) is 87.5 cm³/mol. The smallest absolute Gasteiger partial charge is 0.239 e. The average molecular weight is 356 g/mol. The van der Waals surface area contributed by atoms with Gasteiger partial charge in [0.1, 0.15) is 5.82 Å². The van der Waals surface area contributed by atoms with Crippen molar-refractivity contribution in [2.45, 2.75) is 31.7 Å². The largest absolute Gasteiger partial charge is 0.351 e. The molecule has 2 rings (SSSR count). The molecule has 2 amide bonds. The molecule has 0 bridgehead atoms. The quantitative estimate of drug-likeness (QED) is 0.747. The molecule has 1 fully saturated rings. The van der Waals surface area contributed by atoms with E-state index in [1.807, 2.05) is 0 Å². The first-order chi connectivity index (χ1) is 11.3. The first kappa shape index (κ1) is 18.4. The van der Waals surface area contributed by atoms with Crippen LogP contribution in [0.4, 0.5) is 4.39 Å². The summed E-state index contributed by atoms with van der Waals surface area (Å²) in [5.41, 5.74) is 0.949. The standard InChI is InChI=1S/C16H21FN2O4S/c17-13-6-4-12(5-7-13)2-1-3-15(20)18-10-16(21)19-14-8-9-24(22,23)11-14/h4-7,14H,1-3,8-11H2,(H,18,20)(H,19,21). The van der Waals surface area contributed by atoms with Crippen LogP contribution in [0.1, 0.15) is 24.8 Å². The van der Waals surface area contributed by atoms with Crippen molar-refractivity contribution in [2.24, 2.45) is 0 Å². The molecule has 0 saturated carbocycles. The maximum Gasteiger partial charge on any atom is 0.239 e. The first-order valence-corrected chi connectivity index (χ1v) is 9.67. The van der Waals surface area contributed by atoms with Crippen molar-refractivity contribution in [3.63, 3.8) is 0 Å². The second-order valence-corrected chi connectivity index (χ2v) is 8.15. The Kier molecular flexibility index (Phi) is 6.30. The molecule has 2 N–H and O–H groups in total. The minimum absolute atomic E-state index is 0.0373. The minimum atomic E-state index is -3.04. The van der Waals surface area contributed by atoms with Crippen LogP contribution in [-0.4, -0.2) is 44.3 Å². The number of hydrogen-bond acceptors (Lipinski definition) is 4. The van der Waals surface area contributed by atoms with Crippen molar-refractivity contribution in [3.8, 4) is 0 Å². The molecular weight excluding hydrogens is 335 g/mol. The first-order valence-electron chi connectivity index (χ1n) is 7.85. The van der Waals surface area contributed by atoms with Crippen LogP contribution in [0.3, 0.4) is 0 Å². The summed E-state index contributed by atoms with van der Waals surface area (Å²) in [6.07, 6.45) is 1.93. The fourth-order valence-electron chi connectivity index (χ4n) is 2.56. The zero-order valence-electron chi connectivity index (χ0n) is 13.3. The normalized spacial score (nSPS) is 19.0. The van der Waals surface area contributed by atoms with E-state index in [9.17, 15) is 22.4 Å². The van der Waals surface area contributed by atoms with Gasteiger partial charge in [-0.15, -0.1) is 0 Å². The summed E-state index contributed by atoms with van der Waals surface area (Å²) in [7, 11) is -3.04. The van der Waals surface area contributed by atoms with E-state index in [-0.39, 0.29) is 48.1 Å². The summed E-state index contributed by atoms with van der Waals surface area (Å²) >= 11 is 0. The Morgan fingerprint density at radius 3 is 2.50 bits per heavy atom. The maximum absolute atomic E-state index is 12.8. The number of halogens is 1. The highest BCUT2D eigenvalue weighted by molar-refractivity contribution is 7.91. The van der Waals surface area contributed by atoms with E-state index >= 15 is 0 Å². The average Bonchev–Trinajstić information content (AvgIpc) is 2.86. The predicted octanol–water partition coefficient (Wildman–Crippen LogP) is 0.568. The molecule has 0 spiro atoms. The van der Waals surface area contributed by atoms with Crippen LogP contribution in [0.15, 0.2) is 24.3 Å². The van der Waals surface area contributed by atoms with Gasteiger partial charge in [-0.05, 0) is 37.0 Å². The van der Waals surface area contributed by atoms with Crippen LogP contribution in [0.5, 0.6) is 0 Å². The number of amides is 2. The zero-order valence-corrected chi connectivity index (χ0v) is 14.1. The highest BCUT2D eigenvalue weighted by Gasteiger charge is 2.28. The zero-order chi connectivity index (χ0) is 17.6. The maximum atomic E-state index is 12.8. The van der Waals surface area contributed by atoms with Crippen molar-refractivity contribution in [3.05, 3.63) is 35.6 Å². The van der Waals surface area contributed by atoms with Gasteiger partial charge in [-0.1, -0.05) is 12.1 Å². The molecular formula is C16H21FN2O4S. The van der Waals surface area contributed by atoms with Crippen molar-refractivity contribution >= 4 is 21.7 Å². The van der Waals surface area contributed by atoms with E-state index < -0.39 is 9.84 Å². The summed E-state index contributed by atoms with van der Waals surface area (Å²) in [5.74, 6) is -0.870. The lowest BCUT2D eigenvalue weighted by molar-refractivity contribution is -0.126. The summed E-state index contributed by atoms with van der Waals surface area (Å²) in [4.78, 5) is 23.4. The van der Waals surface area contributed by atoms with E-state index in [2.05, 4.69) is 10.6 Å². The van der Waals surface area contributed by atoms with Gasteiger partial charge < -0.3 is 10.6 Å². The number of carbonyl (C=O) groups is 2. The van der Waals surface area contributed by atoms with E-state index in [1.165, 1.54) is 12.1 Å². The molecule has 0 radical (unpaired) electrons. The molecule has 24 heavy (non-hydrogen) atoms. The molecule has 1 aromatic rings. The van der Waals surface area contributed by atoms with Gasteiger partial charge in [-0.25, -0.2) is 12.8 Å². The Hall–Kier alpha value is -1.96. The Bertz CT molecular complexity index is 689. The summed E-state index contributed by atoms with van der Waals surface area (Å²) in [6.45, 7) is -0.161. The highest BCUT2D eigenvalue weighted by atomic mass is 32.2. The Morgan fingerprint density at radius 2 is 1.88 bits per heavy atom. The van der Waals surface area contributed by atoms with Crippen molar-refractivity contribution in [2.75, 3.05) is 18.1 Å². The van der Waals surface area contributed by atoms with Gasteiger partial charge in [0.15, 0.2) is 9.84 Å². The van der Waals surface area contributed by atoms with Gasteiger partial charge in [-0.3, -0.25) is 9.59 Å². The van der Waals surface area contributed by atoms with Gasteiger partial charge >= 0.3 is 0 Å². The van der Waals surface area contributed by atoms with Gasteiger partial charge in [0.25, 0.3) is 0 Å². The number of benzene rings is 1. The topological polar surface area (TPSA) is 92.3 Å². The fourth-order valence-corrected chi connectivity index (χ4v) is 4.23. The molecule has 1 aliphatic rings. The molecule has 132 valence electrons. The third-order valence-electron chi connectivity index (χ3n) is 3.83. The van der Waals surface area contributed by atoms with E-state index in [0.717, 1.165) is 5.56 Å². The number of rotatable bonds is 7. The molecule has 8 heteroatoms. The van der Waals surface area contributed by atoms with Gasteiger partial charge in [-0.2, -0.15) is 0 Å². The molecule has 0 aliphatic carbocycles. The fraction of sp³-hybridized carbons (Fsp3) is 0.500. The summed E-state index contributed by atoms with van der Waals surface area (Å²) in [5, 5.41) is 5.12. The Labute approximate surface area is 140 Å². The molecule has 1 aromatic carbocycles. The third-order valence-corrected chi connectivity index (χ3v) is 5.59. The number of sulfone groups is 1. The molecule has 1 unspecified atom stereocenters. The van der Waals surface area contributed by atoms with Crippen molar-refractivity contribution in [1.29, 1.82) is 0 Å². The second kappa shape index (κ2) is 8.23. The highest BCUT2D eigenvalue weighted by Crippen LogP contribution is 2.11. The van der Waals surface area contributed by atoms with Gasteiger partial charge in [0, 0.05) is 12.5 Å². The van der Waals surface area contributed by atoms with Crippen molar-refractivity contribution in [1.82, 2.24) is 10.6 Å². The Morgan fingerprint density at radius 1 is 1.17 bits per heavy atom. The summed E-state index contributed by atoms with van der Waals surface area (Å²) < 4.78 is 35.4. The number of nitrogens with one attached hydrogen (secondary N) is 2. The Balaban J connectivity index is 1.60. The molecule has 1 heterocycles. The van der Waals surface area contributed by atoms with Gasteiger partial charge in [0.2, 0.25) is 11.8 Å². The minimum Gasteiger partial charge on any atom is -0.351 e. The van der Waals surface area contributed by atoms with E-state index in [4.69, 9.17) is 0 Å². The van der Waals surface area contributed by atoms with Crippen LogP contribution < -0.4 is 10.6 Å². The van der Waals surface area contributed by atoms with E-state index in [1.54, 1.807) is 12.1 Å². The van der Waals surface area contributed by atoms with E-state index in [0.29, 0.717) is 19.3 Å². The number of hydrogen-bond donors (Lipinski definition) is 2. The molecule has 1 atom stereocenters. The van der Waals surface area contributed by atoms with Crippen LogP contribution in [0.25, 0.3) is 0 Å². The lowest BCUT2D eigenvalue weighted by Crippen LogP contribution is -2.42. The third kappa shape index (κ3) is 6.27.